The molecule has 0 saturated carbocycles. The molecule has 6 N–H and O–H groups in total. The summed E-state index contributed by atoms with van der Waals surface area (Å²) in [4.78, 5) is 41.5. The summed E-state index contributed by atoms with van der Waals surface area (Å²) >= 11 is 0. The van der Waals surface area contributed by atoms with Crippen LogP contribution in [-0.4, -0.2) is 29.6 Å². The summed E-state index contributed by atoms with van der Waals surface area (Å²) in [5.41, 5.74) is 12.5. The van der Waals surface area contributed by atoms with E-state index in [1.54, 1.807) is 54.6 Å². The van der Waals surface area contributed by atoms with Crippen LogP contribution in [0.3, 0.4) is 0 Å². The van der Waals surface area contributed by atoms with Crippen LogP contribution in [0.25, 0.3) is 10.8 Å². The van der Waals surface area contributed by atoms with Crippen molar-refractivity contribution in [2.75, 3.05) is 4.90 Å². The number of nitrogen functional groups attached to an aromatic ring is 1. The van der Waals surface area contributed by atoms with Crippen molar-refractivity contribution < 1.29 is 15.8 Å². The fourth-order valence-electron chi connectivity index (χ4n) is 4.11. The van der Waals surface area contributed by atoms with Gasteiger partial charge < -0.3 is 16.8 Å². The molecule has 0 aliphatic rings. The number of amides is 3. The number of rotatable bonds is 8. The van der Waals surface area contributed by atoms with Gasteiger partial charge in [-0.25, -0.2) is 0 Å². The van der Waals surface area contributed by atoms with Crippen molar-refractivity contribution >= 4 is 40.0 Å². The number of nitrogens with zero attached hydrogens (tertiary/aromatic N) is 1. The Morgan fingerprint density at radius 3 is 2.19 bits per heavy atom. The average Bonchev–Trinajstić information content (AvgIpc) is 2.93. The Hall–Kier alpha value is -4.98. The lowest BCUT2D eigenvalue weighted by Gasteiger charge is -2.32. The quantitative estimate of drug-likeness (QED) is 0.220. The fourth-order valence-corrected chi connectivity index (χ4v) is 4.11. The lowest BCUT2D eigenvalue weighted by atomic mass is 10.0. The first-order chi connectivity index (χ1) is 18.2. The minimum atomic E-state index is -1.41. The van der Waals surface area contributed by atoms with E-state index >= 15 is 0 Å². The van der Waals surface area contributed by atoms with Crippen molar-refractivity contribution in [1.82, 2.24) is 5.31 Å². The normalized spacial score (nSPS) is 12.7. The van der Waals surface area contributed by atoms with E-state index in [9.17, 15) is 14.4 Å². The molecule has 0 unspecified atom stereocenters. The summed E-state index contributed by atoms with van der Waals surface area (Å²) in [6.07, 6.45) is 0. The van der Waals surface area contributed by atoms with E-state index in [1.165, 1.54) is 24.0 Å². The van der Waals surface area contributed by atoms with Crippen LogP contribution < -0.4 is 21.7 Å². The van der Waals surface area contributed by atoms with Crippen LogP contribution in [0, 0.1) is 5.41 Å². The number of fused-ring (bicyclic) bond motifs is 1. The number of carbonyl (C=O) groups is 3. The molecule has 8 heteroatoms. The Morgan fingerprint density at radius 2 is 1.49 bits per heavy atom. The lowest BCUT2D eigenvalue weighted by molar-refractivity contribution is -0.125. The van der Waals surface area contributed by atoms with Crippen molar-refractivity contribution in [3.05, 3.63) is 114 Å². The van der Waals surface area contributed by atoms with Gasteiger partial charge in [0, 0.05) is 16.5 Å². The van der Waals surface area contributed by atoms with Crippen LogP contribution in [0.1, 0.15) is 34.5 Å². The zero-order valence-electron chi connectivity index (χ0n) is 21.2. The second-order valence-corrected chi connectivity index (χ2v) is 8.53. The summed E-state index contributed by atoms with van der Waals surface area (Å²) in [6.45, 7) is 1.51. The maximum absolute atomic E-state index is 14.3. The molecule has 4 aromatic rings. The highest BCUT2D eigenvalue weighted by molar-refractivity contribution is 6.10. The minimum Gasteiger partial charge on any atom is -0.384 e. The third-order valence-electron chi connectivity index (χ3n) is 6.08. The second-order valence-electron chi connectivity index (χ2n) is 8.53. The van der Waals surface area contributed by atoms with E-state index in [0.29, 0.717) is 27.5 Å². The molecule has 4 rings (SSSR count). The SMILES string of the molecule is [2H]N(C(=O)c1cccc(C(=N)N)c1)[C@@H](C(=O)N(c1cccc2ccccc12)[C@@H](C)C(N)=O)c1ccccc1. The molecular weight excluding hydrogens is 466 g/mol. The molecule has 0 bridgehead atoms. The highest BCUT2D eigenvalue weighted by Gasteiger charge is 2.34. The van der Waals surface area contributed by atoms with Gasteiger partial charge in [-0.1, -0.05) is 78.9 Å². The number of nitrogens with one attached hydrogen (secondary N) is 2. The Kier molecular flexibility index (Phi) is 6.89. The Labute approximate surface area is 215 Å². The van der Waals surface area contributed by atoms with Gasteiger partial charge in [-0.05, 0) is 36.1 Å². The van der Waals surface area contributed by atoms with E-state index < -0.39 is 29.8 Å². The third kappa shape index (κ3) is 5.33. The zero-order valence-corrected chi connectivity index (χ0v) is 20.2. The van der Waals surface area contributed by atoms with Gasteiger partial charge >= 0.3 is 0 Å². The first kappa shape index (κ1) is 23.7. The molecule has 0 fully saturated rings. The monoisotopic (exact) mass is 494 g/mol. The summed E-state index contributed by atoms with van der Waals surface area (Å²) in [7, 11) is 0. The molecule has 0 radical (unpaired) electrons. The van der Waals surface area contributed by atoms with Crippen LogP contribution in [0.15, 0.2) is 97.1 Å². The third-order valence-corrected chi connectivity index (χ3v) is 6.08. The fraction of sp³-hybridized carbons (Fsp3) is 0.103. The van der Waals surface area contributed by atoms with E-state index in [0.717, 1.165) is 5.39 Å². The summed E-state index contributed by atoms with van der Waals surface area (Å²) in [6, 6.07) is 24.7. The van der Waals surface area contributed by atoms with Crippen molar-refractivity contribution in [2.45, 2.75) is 19.0 Å². The molecule has 8 nitrogen and oxygen atoms in total. The number of hydrogen-bond acceptors (Lipinski definition) is 4. The standard InChI is InChI=1S/C29H27N5O3/c1-18(27(32)35)34(24-16-8-12-19-9-5-6-15-23(19)24)29(37)25(20-10-3-2-4-11-20)33-28(36)22-14-7-13-21(17-22)26(30)31/h2-18,25H,1H3,(H3,30,31)(H2,32,35)(H,33,36)/t18-,25+/m0/s1/i/hD. The summed E-state index contributed by atoms with van der Waals surface area (Å²) in [5.74, 6) is -2.43. The Bertz CT molecular complexity index is 1520. The van der Waals surface area contributed by atoms with Crippen LogP contribution in [-0.2, 0) is 9.59 Å². The van der Waals surface area contributed by atoms with Crippen LogP contribution >= 0.6 is 0 Å². The smallest absolute Gasteiger partial charge is 0.254 e. The molecule has 0 aliphatic carbocycles. The second kappa shape index (κ2) is 10.7. The molecular formula is C29H27N5O3. The van der Waals surface area contributed by atoms with E-state index in [4.69, 9.17) is 18.3 Å². The molecule has 4 aromatic carbocycles. The van der Waals surface area contributed by atoms with Gasteiger partial charge in [-0.2, -0.15) is 0 Å². The molecule has 186 valence electrons. The number of nitrogens with two attached hydrogens (primary N) is 2. The topological polar surface area (TPSA) is 142 Å². The molecule has 0 spiro atoms. The molecule has 0 aromatic heterocycles. The molecule has 0 aliphatic heterocycles. The van der Waals surface area contributed by atoms with Crippen LogP contribution in [0.4, 0.5) is 5.69 Å². The average molecular weight is 495 g/mol. The maximum atomic E-state index is 14.3. The van der Waals surface area contributed by atoms with Gasteiger partial charge in [0.1, 0.15) is 17.9 Å². The van der Waals surface area contributed by atoms with Crippen molar-refractivity contribution in [1.29, 1.82) is 5.41 Å². The van der Waals surface area contributed by atoms with Crippen molar-refractivity contribution in [2.24, 2.45) is 11.5 Å². The number of primary amides is 1. The number of amidine groups is 1. The first-order valence-corrected chi connectivity index (χ1v) is 11.6. The number of hydrogen-bond donors (Lipinski definition) is 4. The number of anilines is 1. The van der Waals surface area contributed by atoms with Gasteiger partial charge in [0.2, 0.25) is 5.91 Å². The largest absolute Gasteiger partial charge is 0.384 e. The zero-order chi connectivity index (χ0) is 27.4. The Morgan fingerprint density at radius 1 is 0.865 bits per heavy atom. The van der Waals surface area contributed by atoms with E-state index in [2.05, 4.69) is 0 Å². The van der Waals surface area contributed by atoms with E-state index in [-0.39, 0.29) is 11.4 Å². The van der Waals surface area contributed by atoms with Gasteiger partial charge in [0.25, 0.3) is 11.8 Å². The maximum Gasteiger partial charge on any atom is 0.254 e. The predicted molar refractivity (Wildman–Crippen MR) is 144 cm³/mol. The molecule has 2 atom stereocenters. The van der Waals surface area contributed by atoms with Gasteiger partial charge in [-0.15, -0.1) is 0 Å². The highest BCUT2D eigenvalue weighted by atomic mass is 16.2. The first-order valence-electron chi connectivity index (χ1n) is 12.1. The predicted octanol–water partition coefficient (Wildman–Crippen LogP) is 3.50. The number of carbonyl (C=O) groups excluding carboxylic acids is 3. The minimum absolute atomic E-state index is 0.0843. The number of benzene rings is 4. The van der Waals surface area contributed by atoms with Gasteiger partial charge in [-0.3, -0.25) is 24.7 Å². The summed E-state index contributed by atoms with van der Waals surface area (Å²) < 4.78 is 8.82. The Balaban J connectivity index is 1.86. The van der Waals surface area contributed by atoms with E-state index in [1.807, 2.05) is 30.3 Å². The summed E-state index contributed by atoms with van der Waals surface area (Å²) in [5, 5.41) is 9.81. The van der Waals surface area contributed by atoms with Crippen molar-refractivity contribution in [3.63, 3.8) is 0 Å². The highest BCUT2D eigenvalue weighted by Crippen LogP contribution is 2.31. The molecule has 37 heavy (non-hydrogen) atoms. The van der Waals surface area contributed by atoms with Crippen LogP contribution in [0.2, 0.25) is 1.41 Å². The molecule has 3 amide bonds. The molecule has 0 saturated heterocycles. The van der Waals surface area contributed by atoms with Crippen LogP contribution in [0.5, 0.6) is 0 Å². The van der Waals surface area contributed by atoms with Gasteiger partial charge in [0.15, 0.2) is 1.41 Å². The van der Waals surface area contributed by atoms with Gasteiger partial charge in [0.05, 0.1) is 5.69 Å². The van der Waals surface area contributed by atoms with Crippen molar-refractivity contribution in [3.8, 4) is 0 Å². The lowest BCUT2D eigenvalue weighted by Crippen LogP contribution is -2.51. The molecule has 0 heterocycles.